The first-order valence-electron chi connectivity index (χ1n) is 6.05. The van der Waals surface area contributed by atoms with Gasteiger partial charge in [0, 0.05) is 30.4 Å². The molecule has 0 radical (unpaired) electrons. The van der Waals surface area contributed by atoms with Gasteiger partial charge in [-0.15, -0.1) is 11.3 Å². The molecule has 0 aliphatic rings. The Labute approximate surface area is 125 Å². The van der Waals surface area contributed by atoms with Gasteiger partial charge in [0.25, 0.3) is 5.91 Å². The fourth-order valence-electron chi connectivity index (χ4n) is 1.67. The summed E-state index contributed by atoms with van der Waals surface area (Å²) in [4.78, 5) is 32.8. The van der Waals surface area contributed by atoms with Crippen molar-refractivity contribution in [3.05, 3.63) is 52.2 Å². The molecular weight excluding hydrogens is 290 g/mol. The normalized spacial score (nSPS) is 10.7. The van der Waals surface area contributed by atoms with Crippen LogP contribution in [0.4, 0.5) is 0 Å². The lowest BCUT2D eigenvalue weighted by Crippen LogP contribution is -2.26. The average Bonchev–Trinajstić information content (AvgIpc) is 2.92. The Kier molecular flexibility index (Phi) is 4.78. The topological polar surface area (TPSA) is 83.4 Å². The van der Waals surface area contributed by atoms with Crippen LogP contribution >= 0.6 is 11.3 Å². The second-order valence-corrected chi connectivity index (χ2v) is 5.30. The molecule has 108 valence electrons. The third-order valence-electron chi connectivity index (χ3n) is 2.64. The largest absolute Gasteiger partial charge is 0.478 e. The first-order valence-corrected chi connectivity index (χ1v) is 6.93. The van der Waals surface area contributed by atoms with Crippen molar-refractivity contribution in [3.63, 3.8) is 0 Å². The number of hydrogen-bond acceptors (Lipinski definition) is 5. The van der Waals surface area contributed by atoms with E-state index in [1.165, 1.54) is 36.1 Å². The summed E-state index contributed by atoms with van der Waals surface area (Å²) in [6.07, 6.45) is 6.93. The molecule has 0 aliphatic heterocycles. The number of rotatable bonds is 5. The molecule has 0 aliphatic carbocycles. The lowest BCUT2D eigenvalue weighted by atomic mass is 10.2. The van der Waals surface area contributed by atoms with Gasteiger partial charge in [-0.2, -0.15) is 0 Å². The molecule has 0 fully saturated rings. The van der Waals surface area contributed by atoms with Crippen molar-refractivity contribution in [2.45, 2.75) is 6.54 Å². The molecule has 21 heavy (non-hydrogen) atoms. The molecule has 0 saturated heterocycles. The van der Waals surface area contributed by atoms with E-state index in [2.05, 4.69) is 9.97 Å². The number of nitrogens with zero attached hydrogens (tertiary/aromatic N) is 3. The minimum Gasteiger partial charge on any atom is -0.478 e. The second-order valence-electron chi connectivity index (χ2n) is 4.31. The maximum absolute atomic E-state index is 12.1. The van der Waals surface area contributed by atoms with Crippen LogP contribution in [0.5, 0.6) is 0 Å². The lowest BCUT2D eigenvalue weighted by molar-refractivity contribution is -0.131. The Balaban J connectivity index is 2.01. The summed E-state index contributed by atoms with van der Waals surface area (Å²) in [6, 6.07) is 1.86. The van der Waals surface area contributed by atoms with Crippen molar-refractivity contribution in [2.24, 2.45) is 0 Å². The fourth-order valence-corrected chi connectivity index (χ4v) is 2.58. The third-order valence-corrected chi connectivity index (χ3v) is 3.58. The number of thiophene rings is 1. The standard InChI is InChI=1S/C14H13N3O3S/c1-17(14(20)11-5-15-9-16-6-11)7-12-4-10(8-21-12)2-3-13(18)19/h2-6,8-9H,7H2,1H3,(H,18,19)/b3-2+. The monoisotopic (exact) mass is 303 g/mol. The molecule has 0 saturated carbocycles. The molecule has 6 nitrogen and oxygen atoms in total. The van der Waals surface area contributed by atoms with Crippen molar-refractivity contribution >= 4 is 29.3 Å². The Morgan fingerprint density at radius 3 is 2.76 bits per heavy atom. The highest BCUT2D eigenvalue weighted by Crippen LogP contribution is 2.18. The van der Waals surface area contributed by atoms with Crippen LogP contribution in [0.25, 0.3) is 6.08 Å². The second kappa shape index (κ2) is 6.76. The predicted molar refractivity (Wildman–Crippen MR) is 78.8 cm³/mol. The predicted octanol–water partition coefficient (Wildman–Crippen LogP) is 1.91. The third kappa shape index (κ3) is 4.22. The summed E-state index contributed by atoms with van der Waals surface area (Å²) in [5.41, 5.74) is 1.24. The molecule has 2 heterocycles. The molecule has 2 aromatic heterocycles. The summed E-state index contributed by atoms with van der Waals surface area (Å²) in [6.45, 7) is 0.444. The minimum atomic E-state index is -0.987. The van der Waals surface area contributed by atoms with Crippen molar-refractivity contribution in [1.29, 1.82) is 0 Å². The van der Waals surface area contributed by atoms with Crippen LogP contribution in [0.1, 0.15) is 20.8 Å². The molecule has 0 aromatic carbocycles. The molecule has 0 bridgehead atoms. The van der Waals surface area contributed by atoms with Gasteiger partial charge in [0.2, 0.25) is 0 Å². The van der Waals surface area contributed by atoms with Crippen LogP contribution in [0, 0.1) is 0 Å². The maximum Gasteiger partial charge on any atom is 0.328 e. The molecule has 7 heteroatoms. The molecule has 2 aromatic rings. The zero-order valence-electron chi connectivity index (χ0n) is 11.3. The number of carbonyl (C=O) groups is 2. The van der Waals surface area contributed by atoms with E-state index in [9.17, 15) is 9.59 Å². The van der Waals surface area contributed by atoms with Crippen LogP contribution in [0.15, 0.2) is 36.2 Å². The van der Waals surface area contributed by atoms with Gasteiger partial charge in [0.15, 0.2) is 0 Å². The maximum atomic E-state index is 12.1. The Morgan fingerprint density at radius 1 is 1.38 bits per heavy atom. The lowest BCUT2D eigenvalue weighted by Gasteiger charge is -2.15. The Morgan fingerprint density at radius 2 is 2.10 bits per heavy atom. The summed E-state index contributed by atoms with van der Waals surface area (Å²) >= 11 is 1.47. The first-order chi connectivity index (χ1) is 10.1. The summed E-state index contributed by atoms with van der Waals surface area (Å²) in [5, 5.41) is 10.4. The first kappa shape index (κ1) is 14.9. The number of carboxylic acid groups (broad SMARTS) is 1. The van der Waals surface area contributed by atoms with Crippen LogP contribution in [-0.4, -0.2) is 38.9 Å². The number of carboxylic acids is 1. The Bertz CT molecular complexity index is 667. The molecule has 0 atom stereocenters. The van der Waals surface area contributed by atoms with Gasteiger partial charge in [-0.1, -0.05) is 0 Å². The number of amides is 1. The van der Waals surface area contributed by atoms with Crippen LogP contribution in [0.2, 0.25) is 0 Å². The zero-order valence-corrected chi connectivity index (χ0v) is 12.1. The minimum absolute atomic E-state index is 0.161. The van der Waals surface area contributed by atoms with Gasteiger partial charge >= 0.3 is 5.97 Å². The SMILES string of the molecule is CN(Cc1cc(/C=C/C(=O)O)cs1)C(=O)c1cncnc1. The highest BCUT2D eigenvalue weighted by atomic mass is 32.1. The summed E-state index contributed by atoms with van der Waals surface area (Å²) < 4.78 is 0. The fraction of sp³-hybridized carbons (Fsp3) is 0.143. The van der Waals surface area contributed by atoms with Crippen molar-refractivity contribution < 1.29 is 14.7 Å². The van der Waals surface area contributed by atoms with E-state index in [1.807, 2.05) is 11.4 Å². The van der Waals surface area contributed by atoms with Crippen molar-refractivity contribution in [2.75, 3.05) is 7.05 Å². The van der Waals surface area contributed by atoms with E-state index in [1.54, 1.807) is 11.9 Å². The van der Waals surface area contributed by atoms with E-state index in [-0.39, 0.29) is 5.91 Å². The van der Waals surface area contributed by atoms with E-state index >= 15 is 0 Å². The Hall–Kier alpha value is -2.54. The summed E-state index contributed by atoms with van der Waals surface area (Å²) in [5.74, 6) is -1.15. The van der Waals surface area contributed by atoms with Gasteiger partial charge < -0.3 is 10.0 Å². The summed E-state index contributed by atoms with van der Waals surface area (Å²) in [7, 11) is 1.70. The van der Waals surface area contributed by atoms with Crippen molar-refractivity contribution in [1.82, 2.24) is 14.9 Å². The van der Waals surface area contributed by atoms with Gasteiger partial charge in [0.05, 0.1) is 12.1 Å². The zero-order chi connectivity index (χ0) is 15.2. The number of hydrogen-bond donors (Lipinski definition) is 1. The highest BCUT2D eigenvalue weighted by Gasteiger charge is 2.13. The highest BCUT2D eigenvalue weighted by molar-refractivity contribution is 7.10. The van der Waals surface area contributed by atoms with E-state index in [4.69, 9.17) is 5.11 Å². The molecule has 0 unspecified atom stereocenters. The number of aliphatic carboxylic acids is 1. The molecular formula is C14H13N3O3S. The van der Waals surface area contributed by atoms with E-state index in [0.29, 0.717) is 12.1 Å². The molecule has 1 N–H and O–H groups in total. The molecule has 2 rings (SSSR count). The van der Waals surface area contributed by atoms with E-state index < -0.39 is 5.97 Å². The van der Waals surface area contributed by atoms with Crippen LogP contribution in [-0.2, 0) is 11.3 Å². The van der Waals surface area contributed by atoms with Crippen molar-refractivity contribution in [3.8, 4) is 0 Å². The van der Waals surface area contributed by atoms with Crippen LogP contribution < -0.4 is 0 Å². The molecule has 0 spiro atoms. The average molecular weight is 303 g/mol. The van der Waals surface area contributed by atoms with Gasteiger partial charge in [-0.25, -0.2) is 14.8 Å². The number of aromatic nitrogens is 2. The smallest absolute Gasteiger partial charge is 0.328 e. The molecule has 1 amide bonds. The number of carbonyl (C=O) groups excluding carboxylic acids is 1. The van der Waals surface area contributed by atoms with Crippen LogP contribution in [0.3, 0.4) is 0 Å². The van der Waals surface area contributed by atoms with E-state index in [0.717, 1.165) is 16.5 Å². The van der Waals surface area contributed by atoms with Gasteiger partial charge in [-0.05, 0) is 23.1 Å². The quantitative estimate of drug-likeness (QED) is 0.853. The van der Waals surface area contributed by atoms with Gasteiger partial charge in [-0.3, -0.25) is 4.79 Å². The van der Waals surface area contributed by atoms with Gasteiger partial charge in [0.1, 0.15) is 6.33 Å².